The van der Waals surface area contributed by atoms with Gasteiger partial charge in [-0.05, 0) is 53.1 Å². The van der Waals surface area contributed by atoms with Gasteiger partial charge >= 0.3 is 6.09 Å². The van der Waals surface area contributed by atoms with Gasteiger partial charge in [-0.1, -0.05) is 13.3 Å². The Balaban J connectivity index is -0.000000274. The first-order valence-electron chi connectivity index (χ1n) is 6.63. The van der Waals surface area contributed by atoms with Crippen LogP contribution in [0.4, 0.5) is 4.79 Å². The minimum Gasteiger partial charge on any atom is -0.444 e. The molecule has 1 aliphatic rings. The second kappa shape index (κ2) is 9.28. The summed E-state index contributed by atoms with van der Waals surface area (Å²) in [7, 11) is 0. The zero-order valence-electron chi connectivity index (χ0n) is 11.8. The SMILES string of the molecule is C1CCNCC1.CCCNC(=O)OC(C)(C)C.[HH].[HH]. The first-order chi connectivity index (χ1) is 7.95. The van der Waals surface area contributed by atoms with E-state index < -0.39 is 5.60 Å². The highest BCUT2D eigenvalue weighted by Crippen LogP contribution is 2.06. The molecule has 0 bridgehead atoms. The number of rotatable bonds is 2. The summed E-state index contributed by atoms with van der Waals surface area (Å²) in [4.78, 5) is 10.9. The second-order valence-corrected chi connectivity index (χ2v) is 5.24. The van der Waals surface area contributed by atoms with E-state index in [9.17, 15) is 4.79 Å². The lowest BCUT2D eigenvalue weighted by atomic mass is 10.2. The molecule has 4 nitrogen and oxygen atoms in total. The van der Waals surface area contributed by atoms with Crippen LogP contribution in [0.15, 0.2) is 0 Å². The van der Waals surface area contributed by atoms with Crippen molar-refractivity contribution in [2.24, 2.45) is 0 Å². The molecule has 0 aliphatic carbocycles. The minimum absolute atomic E-state index is 0. The summed E-state index contributed by atoms with van der Waals surface area (Å²) in [6, 6.07) is 0. The summed E-state index contributed by atoms with van der Waals surface area (Å²) in [5.41, 5.74) is -0.391. The fraction of sp³-hybridized carbons (Fsp3) is 0.923. The van der Waals surface area contributed by atoms with Gasteiger partial charge in [-0.3, -0.25) is 0 Å². The van der Waals surface area contributed by atoms with Crippen molar-refractivity contribution in [2.75, 3.05) is 19.6 Å². The summed E-state index contributed by atoms with van der Waals surface area (Å²) in [6.45, 7) is 10.7. The van der Waals surface area contributed by atoms with Crippen LogP contribution in [-0.2, 0) is 4.74 Å². The number of amides is 1. The van der Waals surface area contributed by atoms with E-state index in [0.29, 0.717) is 6.54 Å². The molecule has 0 unspecified atom stereocenters. The van der Waals surface area contributed by atoms with Crippen molar-refractivity contribution in [3.05, 3.63) is 0 Å². The average Bonchev–Trinajstić information content (AvgIpc) is 2.27. The summed E-state index contributed by atoms with van der Waals surface area (Å²) in [5, 5.41) is 5.91. The summed E-state index contributed by atoms with van der Waals surface area (Å²) in [5.74, 6) is 0. The van der Waals surface area contributed by atoms with Crippen molar-refractivity contribution in [3.8, 4) is 0 Å². The molecule has 0 aromatic carbocycles. The molecule has 0 saturated carbocycles. The number of carbonyl (C=O) groups excluding carboxylic acids is 1. The van der Waals surface area contributed by atoms with Crippen LogP contribution in [0.3, 0.4) is 0 Å². The van der Waals surface area contributed by atoms with Crippen LogP contribution >= 0.6 is 0 Å². The van der Waals surface area contributed by atoms with Crippen LogP contribution in [0.25, 0.3) is 0 Å². The molecule has 4 heteroatoms. The Morgan fingerprint density at radius 1 is 1.29 bits per heavy atom. The number of alkyl carbamates (subject to hydrolysis) is 1. The predicted molar refractivity (Wildman–Crippen MR) is 75.5 cm³/mol. The summed E-state index contributed by atoms with van der Waals surface area (Å²) in [6.07, 6.45) is 4.81. The van der Waals surface area contributed by atoms with E-state index in [2.05, 4.69) is 10.6 Å². The number of hydrogen-bond acceptors (Lipinski definition) is 3. The zero-order valence-corrected chi connectivity index (χ0v) is 11.8. The Morgan fingerprint density at radius 2 is 1.88 bits per heavy atom. The monoisotopic (exact) mass is 248 g/mol. The van der Waals surface area contributed by atoms with Gasteiger partial charge in [-0.15, -0.1) is 0 Å². The van der Waals surface area contributed by atoms with Crippen LogP contribution < -0.4 is 10.6 Å². The van der Waals surface area contributed by atoms with Crippen molar-refractivity contribution in [1.29, 1.82) is 0 Å². The van der Waals surface area contributed by atoms with Crippen molar-refractivity contribution < 1.29 is 12.4 Å². The molecular weight excluding hydrogens is 216 g/mol. The molecule has 0 atom stereocenters. The fourth-order valence-corrected chi connectivity index (χ4v) is 1.34. The van der Waals surface area contributed by atoms with Gasteiger partial charge in [0.25, 0.3) is 0 Å². The van der Waals surface area contributed by atoms with E-state index in [1.165, 1.54) is 32.4 Å². The molecule has 2 N–H and O–H groups in total. The van der Waals surface area contributed by atoms with Gasteiger partial charge in [-0.2, -0.15) is 0 Å². The highest BCUT2D eigenvalue weighted by Gasteiger charge is 2.14. The Morgan fingerprint density at radius 3 is 2.18 bits per heavy atom. The van der Waals surface area contributed by atoms with Gasteiger partial charge in [0.05, 0.1) is 0 Å². The first-order valence-corrected chi connectivity index (χ1v) is 6.63. The van der Waals surface area contributed by atoms with Gasteiger partial charge in [-0.25, -0.2) is 4.79 Å². The quantitative estimate of drug-likeness (QED) is 0.789. The van der Waals surface area contributed by atoms with Gasteiger partial charge in [0.1, 0.15) is 5.60 Å². The number of hydrogen-bond donors (Lipinski definition) is 2. The molecule has 1 amide bonds. The lowest BCUT2D eigenvalue weighted by Crippen LogP contribution is -2.32. The number of ether oxygens (including phenoxy) is 1. The molecule has 0 aromatic rings. The zero-order chi connectivity index (χ0) is 13.1. The van der Waals surface area contributed by atoms with Crippen LogP contribution in [-0.4, -0.2) is 31.3 Å². The average molecular weight is 248 g/mol. The lowest BCUT2D eigenvalue weighted by molar-refractivity contribution is 0.0528. The van der Waals surface area contributed by atoms with Crippen molar-refractivity contribution in [1.82, 2.24) is 10.6 Å². The van der Waals surface area contributed by atoms with Gasteiger partial charge in [0, 0.05) is 9.40 Å². The second-order valence-electron chi connectivity index (χ2n) is 5.24. The third kappa shape index (κ3) is 13.2. The fourth-order valence-electron chi connectivity index (χ4n) is 1.34. The molecule has 0 radical (unpaired) electrons. The molecule has 1 heterocycles. The van der Waals surface area contributed by atoms with E-state index in [-0.39, 0.29) is 8.95 Å². The molecule has 1 fully saturated rings. The normalized spacial score (nSPS) is 15.5. The van der Waals surface area contributed by atoms with Crippen LogP contribution in [0, 0.1) is 0 Å². The number of carbonyl (C=O) groups is 1. The highest BCUT2D eigenvalue weighted by molar-refractivity contribution is 5.67. The van der Waals surface area contributed by atoms with E-state index >= 15 is 0 Å². The molecule has 1 aliphatic heterocycles. The lowest BCUT2D eigenvalue weighted by Gasteiger charge is -2.19. The first kappa shape index (κ1) is 16.2. The van der Waals surface area contributed by atoms with Crippen molar-refractivity contribution in [2.45, 2.75) is 59.0 Å². The topological polar surface area (TPSA) is 50.4 Å². The molecule has 0 aromatic heterocycles. The molecule has 17 heavy (non-hydrogen) atoms. The standard InChI is InChI=1S/C8H17NO2.C5H11N.2H2/c1-5-6-9-7(10)11-8(2,3)4;1-2-4-6-5-3-1;;/h5-6H2,1-4H3,(H,9,10);6H,1-5H2;2*1H. The van der Waals surface area contributed by atoms with E-state index in [4.69, 9.17) is 4.74 Å². The van der Waals surface area contributed by atoms with Gasteiger partial charge in [0.15, 0.2) is 0 Å². The number of nitrogens with one attached hydrogen (secondary N) is 2. The smallest absolute Gasteiger partial charge is 0.407 e. The molecule has 1 saturated heterocycles. The van der Waals surface area contributed by atoms with Gasteiger partial charge in [0.2, 0.25) is 0 Å². The third-order valence-corrected chi connectivity index (χ3v) is 2.13. The minimum atomic E-state index is -0.391. The highest BCUT2D eigenvalue weighted by atomic mass is 16.6. The summed E-state index contributed by atoms with van der Waals surface area (Å²) < 4.78 is 4.99. The predicted octanol–water partition coefficient (Wildman–Crippen LogP) is 3.17. The van der Waals surface area contributed by atoms with Gasteiger partial charge < -0.3 is 15.4 Å². The molecule has 1 rings (SSSR count). The van der Waals surface area contributed by atoms with E-state index in [1.807, 2.05) is 27.7 Å². The number of piperidine rings is 1. The largest absolute Gasteiger partial charge is 0.444 e. The van der Waals surface area contributed by atoms with Crippen LogP contribution in [0.5, 0.6) is 0 Å². The van der Waals surface area contributed by atoms with Crippen molar-refractivity contribution >= 4 is 6.09 Å². The Hall–Kier alpha value is -0.770. The van der Waals surface area contributed by atoms with E-state index in [1.54, 1.807) is 0 Å². The maximum absolute atomic E-state index is 10.9. The van der Waals surface area contributed by atoms with Crippen LogP contribution in [0.2, 0.25) is 0 Å². The molecule has 0 spiro atoms. The maximum atomic E-state index is 10.9. The maximum Gasteiger partial charge on any atom is 0.407 e. The van der Waals surface area contributed by atoms with Crippen LogP contribution in [0.1, 0.15) is 56.2 Å². The Kier molecular flexibility index (Phi) is 8.86. The van der Waals surface area contributed by atoms with E-state index in [0.717, 1.165) is 6.42 Å². The Labute approximate surface area is 108 Å². The summed E-state index contributed by atoms with van der Waals surface area (Å²) >= 11 is 0. The molecular formula is C13H32N2O2. The van der Waals surface area contributed by atoms with Crippen molar-refractivity contribution in [3.63, 3.8) is 0 Å². The third-order valence-electron chi connectivity index (χ3n) is 2.13. The Bertz CT molecular complexity index is 194. The molecule has 106 valence electrons.